The van der Waals surface area contributed by atoms with E-state index in [0.717, 1.165) is 11.4 Å². The summed E-state index contributed by atoms with van der Waals surface area (Å²) in [5.41, 5.74) is 2.33. The molecule has 0 unspecified atom stereocenters. The number of imidazole rings is 1. The maximum absolute atomic E-state index is 8.69. The number of anilines is 1. The average Bonchev–Trinajstić information content (AvgIpc) is 2.80. The van der Waals surface area contributed by atoms with Crippen LogP contribution in [0.25, 0.3) is 0 Å². The maximum atomic E-state index is 8.69. The largest absolute Gasteiger partial charge is 0.378 e. The van der Waals surface area contributed by atoms with E-state index in [-0.39, 0.29) is 0 Å². The molecule has 16 heavy (non-hydrogen) atoms. The second-order valence-corrected chi connectivity index (χ2v) is 3.64. The molecule has 0 aliphatic rings. The molecule has 2 rings (SSSR count). The standard InChI is InChI=1S/C11H9ClN4/c12-10-3-8(4-13)1-2-11(10)15-6-9-5-14-7-16-9/h1-3,5,7,15H,6H2,(H,14,16). The van der Waals surface area contributed by atoms with Crippen LogP contribution in [0.3, 0.4) is 0 Å². The Kier molecular flexibility index (Phi) is 3.08. The van der Waals surface area contributed by atoms with Gasteiger partial charge in [0.25, 0.3) is 0 Å². The summed E-state index contributed by atoms with van der Waals surface area (Å²) in [6.07, 6.45) is 3.36. The highest BCUT2D eigenvalue weighted by atomic mass is 35.5. The monoisotopic (exact) mass is 232 g/mol. The summed E-state index contributed by atoms with van der Waals surface area (Å²) >= 11 is 6.01. The van der Waals surface area contributed by atoms with Crippen LogP contribution < -0.4 is 5.32 Å². The van der Waals surface area contributed by atoms with Gasteiger partial charge in [0.05, 0.1) is 40.9 Å². The second-order valence-electron chi connectivity index (χ2n) is 3.24. The topological polar surface area (TPSA) is 64.5 Å². The summed E-state index contributed by atoms with van der Waals surface area (Å²) in [6, 6.07) is 7.18. The Bertz CT molecular complexity index is 513. The molecule has 0 bridgehead atoms. The maximum Gasteiger partial charge on any atom is 0.0992 e. The molecule has 2 N–H and O–H groups in total. The third-order valence-electron chi connectivity index (χ3n) is 2.12. The minimum absolute atomic E-state index is 0.540. The highest BCUT2D eigenvalue weighted by Gasteiger charge is 2.01. The van der Waals surface area contributed by atoms with E-state index in [0.29, 0.717) is 17.1 Å². The Hall–Kier alpha value is -1.99. The number of halogens is 1. The fourth-order valence-electron chi connectivity index (χ4n) is 1.30. The molecule has 0 atom stereocenters. The Labute approximate surface area is 97.9 Å². The summed E-state index contributed by atoms with van der Waals surface area (Å²) in [7, 11) is 0. The van der Waals surface area contributed by atoms with E-state index < -0.39 is 0 Å². The minimum atomic E-state index is 0.540. The van der Waals surface area contributed by atoms with E-state index in [1.54, 1.807) is 30.7 Å². The van der Waals surface area contributed by atoms with Crippen LogP contribution in [0, 0.1) is 11.3 Å². The molecule has 0 saturated carbocycles. The Morgan fingerprint density at radius 1 is 1.50 bits per heavy atom. The van der Waals surface area contributed by atoms with Gasteiger partial charge < -0.3 is 10.3 Å². The van der Waals surface area contributed by atoms with E-state index in [1.165, 1.54) is 0 Å². The lowest BCUT2D eigenvalue weighted by atomic mass is 10.2. The van der Waals surface area contributed by atoms with Crippen molar-refractivity contribution < 1.29 is 0 Å². The third kappa shape index (κ3) is 2.33. The van der Waals surface area contributed by atoms with Crippen LogP contribution in [-0.4, -0.2) is 9.97 Å². The number of rotatable bonds is 3. The number of hydrogen-bond acceptors (Lipinski definition) is 3. The van der Waals surface area contributed by atoms with Crippen molar-refractivity contribution in [2.45, 2.75) is 6.54 Å². The molecule has 0 amide bonds. The first-order chi connectivity index (χ1) is 7.79. The van der Waals surface area contributed by atoms with Crippen LogP contribution in [0.2, 0.25) is 5.02 Å². The molecule has 1 heterocycles. The second kappa shape index (κ2) is 4.69. The highest BCUT2D eigenvalue weighted by Crippen LogP contribution is 2.23. The molecule has 1 aromatic carbocycles. The third-order valence-corrected chi connectivity index (χ3v) is 2.44. The lowest BCUT2D eigenvalue weighted by Gasteiger charge is -2.06. The minimum Gasteiger partial charge on any atom is -0.378 e. The molecule has 0 radical (unpaired) electrons. The van der Waals surface area contributed by atoms with Gasteiger partial charge >= 0.3 is 0 Å². The van der Waals surface area contributed by atoms with Crippen molar-refractivity contribution in [3.63, 3.8) is 0 Å². The summed E-state index contributed by atoms with van der Waals surface area (Å²) in [6.45, 7) is 0.617. The predicted molar refractivity (Wildman–Crippen MR) is 62.1 cm³/mol. The SMILES string of the molecule is N#Cc1ccc(NCc2cnc[nH]2)c(Cl)c1. The number of nitrogens with zero attached hydrogens (tertiary/aromatic N) is 2. The first-order valence-electron chi connectivity index (χ1n) is 4.70. The van der Waals surface area contributed by atoms with Gasteiger partial charge in [-0.05, 0) is 18.2 Å². The van der Waals surface area contributed by atoms with Gasteiger partial charge in [-0.2, -0.15) is 5.26 Å². The Morgan fingerprint density at radius 2 is 2.38 bits per heavy atom. The number of aromatic amines is 1. The number of nitriles is 1. The Morgan fingerprint density at radius 3 is 3.00 bits per heavy atom. The van der Waals surface area contributed by atoms with Gasteiger partial charge in [-0.15, -0.1) is 0 Å². The molecule has 1 aromatic heterocycles. The first-order valence-corrected chi connectivity index (χ1v) is 5.08. The van der Waals surface area contributed by atoms with E-state index in [4.69, 9.17) is 16.9 Å². The fourth-order valence-corrected chi connectivity index (χ4v) is 1.55. The molecule has 2 aromatic rings. The molecule has 0 spiro atoms. The lowest BCUT2D eigenvalue weighted by Crippen LogP contribution is -2.00. The number of aromatic nitrogens is 2. The lowest BCUT2D eigenvalue weighted by molar-refractivity contribution is 1.07. The van der Waals surface area contributed by atoms with Crippen LogP contribution in [0.15, 0.2) is 30.7 Å². The zero-order valence-corrected chi connectivity index (χ0v) is 9.12. The normalized spacial score (nSPS) is 9.75. The molecule has 0 fully saturated rings. The van der Waals surface area contributed by atoms with E-state index >= 15 is 0 Å². The van der Waals surface area contributed by atoms with Gasteiger partial charge in [0, 0.05) is 6.20 Å². The summed E-state index contributed by atoms with van der Waals surface area (Å²) in [5.74, 6) is 0. The van der Waals surface area contributed by atoms with Crippen LogP contribution in [0.4, 0.5) is 5.69 Å². The van der Waals surface area contributed by atoms with Crippen LogP contribution >= 0.6 is 11.6 Å². The zero-order valence-electron chi connectivity index (χ0n) is 8.37. The molecule has 0 aliphatic heterocycles. The molecule has 0 saturated heterocycles. The van der Waals surface area contributed by atoms with Gasteiger partial charge in [0.1, 0.15) is 0 Å². The molecule has 0 aliphatic carbocycles. The van der Waals surface area contributed by atoms with Crippen LogP contribution in [0.5, 0.6) is 0 Å². The van der Waals surface area contributed by atoms with Gasteiger partial charge in [0.2, 0.25) is 0 Å². The highest BCUT2D eigenvalue weighted by molar-refractivity contribution is 6.33. The van der Waals surface area contributed by atoms with Gasteiger partial charge in [-0.3, -0.25) is 0 Å². The number of hydrogen-bond donors (Lipinski definition) is 2. The van der Waals surface area contributed by atoms with Crippen molar-refractivity contribution >= 4 is 17.3 Å². The quantitative estimate of drug-likeness (QED) is 0.855. The smallest absolute Gasteiger partial charge is 0.0992 e. The molecular weight excluding hydrogens is 224 g/mol. The number of nitrogens with one attached hydrogen (secondary N) is 2. The van der Waals surface area contributed by atoms with Crippen molar-refractivity contribution in [1.82, 2.24) is 9.97 Å². The molecular formula is C11H9ClN4. The van der Waals surface area contributed by atoms with Crippen LogP contribution in [0.1, 0.15) is 11.3 Å². The number of H-pyrrole nitrogens is 1. The van der Waals surface area contributed by atoms with Crippen molar-refractivity contribution in [3.8, 4) is 6.07 Å². The average molecular weight is 233 g/mol. The molecule has 5 heteroatoms. The summed E-state index contributed by atoms with van der Waals surface area (Å²) in [5, 5.41) is 12.4. The fraction of sp³-hybridized carbons (Fsp3) is 0.0909. The number of benzene rings is 1. The van der Waals surface area contributed by atoms with Crippen molar-refractivity contribution in [2.75, 3.05) is 5.32 Å². The summed E-state index contributed by atoms with van der Waals surface area (Å²) < 4.78 is 0. The van der Waals surface area contributed by atoms with Crippen LogP contribution in [-0.2, 0) is 6.54 Å². The van der Waals surface area contributed by atoms with E-state index in [2.05, 4.69) is 15.3 Å². The van der Waals surface area contributed by atoms with Gasteiger partial charge in [-0.25, -0.2) is 4.98 Å². The van der Waals surface area contributed by atoms with Crippen molar-refractivity contribution in [1.29, 1.82) is 5.26 Å². The first kappa shape index (κ1) is 10.5. The molecule has 80 valence electrons. The molecule has 4 nitrogen and oxygen atoms in total. The zero-order chi connectivity index (χ0) is 11.4. The summed E-state index contributed by atoms with van der Waals surface area (Å²) in [4.78, 5) is 6.89. The van der Waals surface area contributed by atoms with Gasteiger partial charge in [0.15, 0.2) is 0 Å². The van der Waals surface area contributed by atoms with Gasteiger partial charge in [-0.1, -0.05) is 11.6 Å². The van der Waals surface area contributed by atoms with E-state index in [1.807, 2.05) is 6.07 Å². The van der Waals surface area contributed by atoms with E-state index in [9.17, 15) is 0 Å². The van der Waals surface area contributed by atoms with Crippen molar-refractivity contribution in [2.24, 2.45) is 0 Å². The predicted octanol–water partition coefficient (Wildman–Crippen LogP) is 2.55. The Balaban J connectivity index is 2.08. The van der Waals surface area contributed by atoms with Crippen molar-refractivity contribution in [3.05, 3.63) is 47.0 Å².